The molecule has 0 saturated heterocycles. The molecule has 0 aromatic rings. The molecular weight excluding hydrogens is 150 g/mol. The van der Waals surface area contributed by atoms with Crippen LogP contribution in [0.15, 0.2) is 0 Å². The topological polar surface area (TPSA) is 35.2 Å². The number of hydrogen-bond donors (Lipinski definition) is 1. The van der Waals surface area contributed by atoms with E-state index in [2.05, 4.69) is 13.8 Å². The second-order valence-electron chi connectivity index (χ2n) is 3.53. The summed E-state index contributed by atoms with van der Waals surface area (Å²) in [5, 5.41) is 0. The van der Waals surface area contributed by atoms with Gasteiger partial charge in [-0.1, -0.05) is 13.8 Å². The first-order chi connectivity index (χ1) is 5.72. The van der Waals surface area contributed by atoms with E-state index in [4.69, 9.17) is 10.5 Å². The minimum atomic E-state index is 0.645. The van der Waals surface area contributed by atoms with Gasteiger partial charge in [0.15, 0.2) is 0 Å². The minimum absolute atomic E-state index is 0.645. The van der Waals surface area contributed by atoms with Crippen LogP contribution in [0, 0.1) is 11.8 Å². The van der Waals surface area contributed by atoms with Crippen LogP contribution in [0.1, 0.15) is 33.6 Å². The molecule has 0 aliphatic rings. The summed E-state index contributed by atoms with van der Waals surface area (Å²) in [5.74, 6) is 1.38. The highest BCUT2D eigenvalue weighted by Gasteiger charge is 2.09. The normalized spacial score (nSPS) is 16.0. The summed E-state index contributed by atoms with van der Waals surface area (Å²) < 4.78 is 5.27. The molecule has 0 amide bonds. The number of hydrogen-bond acceptors (Lipinski definition) is 2. The van der Waals surface area contributed by atoms with Crippen molar-refractivity contribution in [3.63, 3.8) is 0 Å². The van der Waals surface area contributed by atoms with Gasteiger partial charge in [-0.15, -0.1) is 0 Å². The van der Waals surface area contributed by atoms with Crippen LogP contribution in [-0.4, -0.2) is 19.8 Å². The van der Waals surface area contributed by atoms with E-state index in [1.54, 1.807) is 0 Å². The maximum Gasteiger partial charge on any atom is 0.0465 e. The molecule has 2 atom stereocenters. The van der Waals surface area contributed by atoms with Crippen molar-refractivity contribution in [2.24, 2.45) is 17.6 Å². The lowest BCUT2D eigenvalue weighted by Gasteiger charge is -2.17. The first-order valence-corrected chi connectivity index (χ1v) is 5.00. The number of ether oxygens (including phenoxy) is 1. The molecule has 0 rings (SSSR count). The standard InChI is InChI=1S/C10H23NO/c1-4-12-7-5-6-9(2)10(3)8-11/h9-10H,4-8,11H2,1-3H3. The lowest BCUT2D eigenvalue weighted by Crippen LogP contribution is -2.18. The number of rotatable bonds is 7. The summed E-state index contributed by atoms with van der Waals surface area (Å²) in [6, 6.07) is 0. The summed E-state index contributed by atoms with van der Waals surface area (Å²) in [4.78, 5) is 0. The molecule has 0 heterocycles. The molecule has 0 radical (unpaired) electrons. The van der Waals surface area contributed by atoms with Crippen LogP contribution in [0.3, 0.4) is 0 Å². The highest BCUT2D eigenvalue weighted by atomic mass is 16.5. The predicted octanol–water partition coefficient (Wildman–Crippen LogP) is 2.03. The van der Waals surface area contributed by atoms with Crippen LogP contribution in [-0.2, 0) is 4.74 Å². The Labute approximate surface area is 76.5 Å². The summed E-state index contributed by atoms with van der Waals surface area (Å²) in [7, 11) is 0. The molecule has 74 valence electrons. The fourth-order valence-corrected chi connectivity index (χ4v) is 1.17. The van der Waals surface area contributed by atoms with Gasteiger partial charge in [0.25, 0.3) is 0 Å². The smallest absolute Gasteiger partial charge is 0.0465 e. The lowest BCUT2D eigenvalue weighted by atomic mass is 9.92. The molecule has 2 nitrogen and oxygen atoms in total. The van der Waals surface area contributed by atoms with Crippen molar-refractivity contribution in [3.05, 3.63) is 0 Å². The van der Waals surface area contributed by atoms with E-state index in [0.717, 1.165) is 25.7 Å². The summed E-state index contributed by atoms with van der Waals surface area (Å²) >= 11 is 0. The van der Waals surface area contributed by atoms with Crippen LogP contribution < -0.4 is 5.73 Å². The first kappa shape index (κ1) is 11.9. The molecule has 0 aliphatic heterocycles. The summed E-state index contributed by atoms with van der Waals surface area (Å²) in [5.41, 5.74) is 5.57. The highest BCUT2D eigenvalue weighted by Crippen LogP contribution is 2.15. The first-order valence-electron chi connectivity index (χ1n) is 5.00. The molecule has 12 heavy (non-hydrogen) atoms. The van der Waals surface area contributed by atoms with Crippen molar-refractivity contribution < 1.29 is 4.74 Å². The van der Waals surface area contributed by atoms with Gasteiger partial charge in [0.2, 0.25) is 0 Å². The average molecular weight is 173 g/mol. The van der Waals surface area contributed by atoms with Gasteiger partial charge in [-0.3, -0.25) is 0 Å². The zero-order valence-electron chi connectivity index (χ0n) is 8.68. The Balaban J connectivity index is 3.24. The van der Waals surface area contributed by atoms with E-state index in [-0.39, 0.29) is 0 Å². The molecule has 0 fully saturated rings. The Hall–Kier alpha value is -0.0800. The third-order valence-electron chi connectivity index (χ3n) is 2.50. The molecule has 2 N–H and O–H groups in total. The Morgan fingerprint density at radius 2 is 1.92 bits per heavy atom. The number of nitrogens with two attached hydrogens (primary N) is 1. The van der Waals surface area contributed by atoms with Gasteiger partial charge in [-0.05, 0) is 38.1 Å². The molecule has 2 heteroatoms. The molecule has 0 bridgehead atoms. The van der Waals surface area contributed by atoms with E-state index >= 15 is 0 Å². The van der Waals surface area contributed by atoms with Gasteiger partial charge in [-0.25, -0.2) is 0 Å². The van der Waals surface area contributed by atoms with Crippen molar-refractivity contribution in [2.75, 3.05) is 19.8 Å². The molecular formula is C10H23NO. The summed E-state index contributed by atoms with van der Waals surface area (Å²) in [6.45, 7) is 9.05. The molecule has 0 aromatic carbocycles. The molecule has 2 unspecified atom stereocenters. The Morgan fingerprint density at radius 1 is 1.25 bits per heavy atom. The van der Waals surface area contributed by atoms with E-state index in [1.807, 2.05) is 6.92 Å². The third-order valence-corrected chi connectivity index (χ3v) is 2.50. The van der Waals surface area contributed by atoms with Crippen molar-refractivity contribution in [2.45, 2.75) is 33.6 Å². The zero-order chi connectivity index (χ0) is 9.40. The Bertz CT molecular complexity index is 95.8. The molecule has 0 aromatic heterocycles. The maximum atomic E-state index is 5.57. The quantitative estimate of drug-likeness (QED) is 0.598. The molecule has 0 saturated carbocycles. The summed E-state index contributed by atoms with van der Waals surface area (Å²) in [6.07, 6.45) is 2.40. The van der Waals surface area contributed by atoms with Gasteiger partial charge in [-0.2, -0.15) is 0 Å². The Morgan fingerprint density at radius 3 is 2.42 bits per heavy atom. The van der Waals surface area contributed by atoms with E-state index in [0.29, 0.717) is 5.92 Å². The molecule has 0 aliphatic carbocycles. The van der Waals surface area contributed by atoms with Gasteiger partial charge in [0.1, 0.15) is 0 Å². The van der Waals surface area contributed by atoms with Crippen molar-refractivity contribution in [3.8, 4) is 0 Å². The predicted molar refractivity (Wildman–Crippen MR) is 53.1 cm³/mol. The van der Waals surface area contributed by atoms with Crippen LogP contribution in [0.4, 0.5) is 0 Å². The monoisotopic (exact) mass is 173 g/mol. The van der Waals surface area contributed by atoms with Crippen LogP contribution >= 0.6 is 0 Å². The van der Waals surface area contributed by atoms with Gasteiger partial charge < -0.3 is 10.5 Å². The largest absolute Gasteiger partial charge is 0.382 e. The third kappa shape index (κ3) is 5.56. The van der Waals surface area contributed by atoms with Crippen LogP contribution in [0.25, 0.3) is 0 Å². The molecule has 0 spiro atoms. The van der Waals surface area contributed by atoms with E-state index in [1.165, 1.54) is 12.8 Å². The van der Waals surface area contributed by atoms with Gasteiger partial charge in [0, 0.05) is 13.2 Å². The maximum absolute atomic E-state index is 5.57. The van der Waals surface area contributed by atoms with E-state index < -0.39 is 0 Å². The van der Waals surface area contributed by atoms with E-state index in [9.17, 15) is 0 Å². The second kappa shape index (κ2) is 7.56. The zero-order valence-corrected chi connectivity index (χ0v) is 8.68. The average Bonchev–Trinajstić information content (AvgIpc) is 2.10. The lowest BCUT2D eigenvalue weighted by molar-refractivity contribution is 0.137. The van der Waals surface area contributed by atoms with Crippen LogP contribution in [0.5, 0.6) is 0 Å². The van der Waals surface area contributed by atoms with Crippen molar-refractivity contribution >= 4 is 0 Å². The van der Waals surface area contributed by atoms with Crippen LogP contribution in [0.2, 0.25) is 0 Å². The SMILES string of the molecule is CCOCCCC(C)C(C)CN. The Kier molecular flexibility index (Phi) is 7.51. The minimum Gasteiger partial charge on any atom is -0.382 e. The highest BCUT2D eigenvalue weighted by molar-refractivity contribution is 4.62. The van der Waals surface area contributed by atoms with Crippen molar-refractivity contribution in [1.82, 2.24) is 0 Å². The fraction of sp³-hybridized carbons (Fsp3) is 1.00. The fourth-order valence-electron chi connectivity index (χ4n) is 1.17. The van der Waals surface area contributed by atoms with Crippen molar-refractivity contribution in [1.29, 1.82) is 0 Å². The van der Waals surface area contributed by atoms with Gasteiger partial charge in [0.05, 0.1) is 0 Å². The van der Waals surface area contributed by atoms with Gasteiger partial charge >= 0.3 is 0 Å². The second-order valence-corrected chi connectivity index (χ2v) is 3.53.